The second kappa shape index (κ2) is 8.00. The SMILES string of the molecule is COc1ccc(F)cc1C(=O)Nc1nc(-c2ccc(CNC(C)=O)o2)cs1. The van der Waals surface area contributed by atoms with Crippen LogP contribution in [0.2, 0.25) is 0 Å². The van der Waals surface area contributed by atoms with Gasteiger partial charge in [-0.25, -0.2) is 9.37 Å². The van der Waals surface area contributed by atoms with E-state index in [1.807, 2.05) is 0 Å². The van der Waals surface area contributed by atoms with Crippen LogP contribution in [0, 0.1) is 5.82 Å². The Morgan fingerprint density at radius 3 is 2.85 bits per heavy atom. The van der Waals surface area contributed by atoms with Gasteiger partial charge in [0.25, 0.3) is 5.91 Å². The van der Waals surface area contributed by atoms with Crippen molar-refractivity contribution in [1.29, 1.82) is 0 Å². The zero-order valence-electron chi connectivity index (χ0n) is 14.5. The number of thiazole rings is 1. The summed E-state index contributed by atoms with van der Waals surface area (Å²) in [6.45, 7) is 1.70. The third kappa shape index (κ3) is 4.50. The molecule has 7 nitrogen and oxygen atoms in total. The minimum Gasteiger partial charge on any atom is -0.496 e. The Kier molecular flexibility index (Phi) is 5.51. The van der Waals surface area contributed by atoms with Gasteiger partial charge in [0.15, 0.2) is 10.9 Å². The fourth-order valence-electron chi connectivity index (χ4n) is 2.29. The number of ether oxygens (including phenoxy) is 1. The number of nitrogens with zero attached hydrogens (tertiary/aromatic N) is 1. The highest BCUT2D eigenvalue weighted by atomic mass is 32.1. The van der Waals surface area contributed by atoms with Crippen molar-refractivity contribution in [2.75, 3.05) is 12.4 Å². The molecular weight excluding hydrogens is 373 g/mol. The molecule has 0 aliphatic carbocycles. The number of carbonyl (C=O) groups is 2. The van der Waals surface area contributed by atoms with Crippen LogP contribution in [0.15, 0.2) is 40.1 Å². The first-order valence-electron chi connectivity index (χ1n) is 7.90. The molecule has 2 aromatic heterocycles. The van der Waals surface area contributed by atoms with E-state index >= 15 is 0 Å². The van der Waals surface area contributed by atoms with Crippen molar-refractivity contribution in [3.63, 3.8) is 0 Å². The van der Waals surface area contributed by atoms with E-state index in [1.165, 1.54) is 37.5 Å². The zero-order chi connectivity index (χ0) is 19.4. The molecule has 0 aliphatic rings. The lowest BCUT2D eigenvalue weighted by atomic mass is 10.2. The lowest BCUT2D eigenvalue weighted by molar-refractivity contribution is -0.119. The van der Waals surface area contributed by atoms with E-state index in [2.05, 4.69) is 15.6 Å². The minimum atomic E-state index is -0.539. The van der Waals surface area contributed by atoms with Crippen molar-refractivity contribution in [2.45, 2.75) is 13.5 Å². The van der Waals surface area contributed by atoms with Gasteiger partial charge in [-0.05, 0) is 30.3 Å². The number of amides is 2. The second-order valence-corrected chi connectivity index (χ2v) is 6.37. The van der Waals surface area contributed by atoms with E-state index in [9.17, 15) is 14.0 Å². The number of furan rings is 1. The summed E-state index contributed by atoms with van der Waals surface area (Å²) in [7, 11) is 1.40. The van der Waals surface area contributed by atoms with Crippen LogP contribution in [-0.2, 0) is 11.3 Å². The number of nitrogens with one attached hydrogen (secondary N) is 2. The zero-order valence-corrected chi connectivity index (χ0v) is 15.4. The van der Waals surface area contributed by atoms with Crippen LogP contribution in [0.3, 0.4) is 0 Å². The maximum atomic E-state index is 13.4. The van der Waals surface area contributed by atoms with Crippen LogP contribution in [0.1, 0.15) is 23.0 Å². The number of anilines is 1. The Morgan fingerprint density at radius 1 is 1.30 bits per heavy atom. The van der Waals surface area contributed by atoms with Crippen molar-refractivity contribution >= 4 is 28.3 Å². The molecular formula is C18H16FN3O4S. The normalized spacial score (nSPS) is 10.5. The summed E-state index contributed by atoms with van der Waals surface area (Å²) in [6, 6.07) is 7.17. The Bertz CT molecular complexity index is 983. The summed E-state index contributed by atoms with van der Waals surface area (Å²) in [4.78, 5) is 27.6. The van der Waals surface area contributed by atoms with Gasteiger partial charge in [0.2, 0.25) is 5.91 Å². The van der Waals surface area contributed by atoms with Gasteiger partial charge in [-0.2, -0.15) is 0 Å². The molecule has 0 unspecified atom stereocenters. The van der Waals surface area contributed by atoms with Gasteiger partial charge in [-0.15, -0.1) is 11.3 Å². The van der Waals surface area contributed by atoms with Crippen molar-refractivity contribution in [1.82, 2.24) is 10.3 Å². The molecule has 0 saturated heterocycles. The summed E-state index contributed by atoms with van der Waals surface area (Å²) in [5.41, 5.74) is 0.612. The second-order valence-electron chi connectivity index (χ2n) is 5.51. The first-order chi connectivity index (χ1) is 13.0. The quantitative estimate of drug-likeness (QED) is 0.674. The molecule has 2 amide bonds. The highest BCUT2D eigenvalue weighted by Gasteiger charge is 2.16. The van der Waals surface area contributed by atoms with E-state index in [0.29, 0.717) is 22.3 Å². The smallest absolute Gasteiger partial charge is 0.261 e. The number of halogens is 1. The number of carbonyl (C=O) groups excluding carboxylic acids is 2. The largest absolute Gasteiger partial charge is 0.496 e. The number of hydrogen-bond donors (Lipinski definition) is 2. The van der Waals surface area contributed by atoms with Gasteiger partial charge in [0.1, 0.15) is 23.0 Å². The van der Waals surface area contributed by atoms with Crippen molar-refractivity contribution in [2.24, 2.45) is 0 Å². The number of aromatic nitrogens is 1. The standard InChI is InChI=1S/C18H16FN3O4S/c1-10(23)20-8-12-4-6-16(26-12)14-9-27-18(21-14)22-17(24)13-7-11(19)3-5-15(13)25-2/h3-7,9H,8H2,1-2H3,(H,20,23)(H,21,22,24). The van der Waals surface area contributed by atoms with Crippen LogP contribution in [0.5, 0.6) is 5.75 Å². The van der Waals surface area contributed by atoms with Crippen LogP contribution in [0.25, 0.3) is 11.5 Å². The first-order valence-corrected chi connectivity index (χ1v) is 8.78. The number of rotatable bonds is 6. The molecule has 27 heavy (non-hydrogen) atoms. The predicted molar refractivity (Wildman–Crippen MR) is 98.2 cm³/mol. The van der Waals surface area contributed by atoms with Crippen molar-refractivity contribution < 1.29 is 23.1 Å². The van der Waals surface area contributed by atoms with Gasteiger partial charge in [-0.1, -0.05) is 0 Å². The lowest BCUT2D eigenvalue weighted by Gasteiger charge is -2.07. The van der Waals surface area contributed by atoms with Crippen LogP contribution >= 0.6 is 11.3 Å². The molecule has 2 heterocycles. The summed E-state index contributed by atoms with van der Waals surface area (Å²) in [6.07, 6.45) is 0. The maximum Gasteiger partial charge on any atom is 0.261 e. The van der Waals surface area contributed by atoms with Gasteiger partial charge >= 0.3 is 0 Å². The summed E-state index contributed by atoms with van der Waals surface area (Å²) >= 11 is 1.21. The van der Waals surface area contributed by atoms with Gasteiger partial charge in [-0.3, -0.25) is 14.9 Å². The first kappa shape index (κ1) is 18.6. The molecule has 140 valence electrons. The Balaban J connectivity index is 1.72. The highest BCUT2D eigenvalue weighted by molar-refractivity contribution is 7.14. The van der Waals surface area contributed by atoms with E-state index in [-0.39, 0.29) is 23.8 Å². The van der Waals surface area contributed by atoms with E-state index in [4.69, 9.17) is 9.15 Å². The van der Waals surface area contributed by atoms with Crippen LogP contribution in [-0.4, -0.2) is 23.9 Å². The van der Waals surface area contributed by atoms with Crippen molar-refractivity contribution in [3.8, 4) is 17.2 Å². The third-order valence-corrected chi connectivity index (χ3v) is 4.31. The maximum absolute atomic E-state index is 13.4. The molecule has 0 aliphatic heterocycles. The average molecular weight is 389 g/mol. The summed E-state index contributed by atoms with van der Waals surface area (Å²) < 4.78 is 24.1. The van der Waals surface area contributed by atoms with Crippen LogP contribution in [0.4, 0.5) is 9.52 Å². The van der Waals surface area contributed by atoms with Gasteiger partial charge in [0, 0.05) is 12.3 Å². The van der Waals surface area contributed by atoms with Gasteiger partial charge in [0.05, 0.1) is 19.2 Å². The molecule has 0 bridgehead atoms. The highest BCUT2D eigenvalue weighted by Crippen LogP contribution is 2.28. The van der Waals surface area contributed by atoms with E-state index in [0.717, 1.165) is 6.07 Å². The molecule has 0 spiro atoms. The Labute approximate surface area is 158 Å². The van der Waals surface area contributed by atoms with Crippen molar-refractivity contribution in [3.05, 3.63) is 52.9 Å². The minimum absolute atomic E-state index is 0.0739. The van der Waals surface area contributed by atoms with Crippen LogP contribution < -0.4 is 15.4 Å². The number of methoxy groups -OCH3 is 1. The average Bonchev–Trinajstić information content (AvgIpc) is 3.29. The molecule has 0 atom stereocenters. The molecule has 9 heteroatoms. The molecule has 0 fully saturated rings. The monoisotopic (exact) mass is 389 g/mol. The molecule has 0 radical (unpaired) electrons. The van der Waals surface area contributed by atoms with E-state index < -0.39 is 11.7 Å². The Hall–Kier alpha value is -3.20. The Morgan fingerprint density at radius 2 is 2.11 bits per heavy atom. The molecule has 0 saturated carbocycles. The summed E-state index contributed by atoms with van der Waals surface area (Å²) in [5.74, 6) is 0.138. The number of hydrogen-bond acceptors (Lipinski definition) is 6. The predicted octanol–water partition coefficient (Wildman–Crippen LogP) is 3.44. The van der Waals surface area contributed by atoms with Gasteiger partial charge < -0.3 is 14.5 Å². The third-order valence-electron chi connectivity index (χ3n) is 3.56. The van der Waals surface area contributed by atoms with E-state index in [1.54, 1.807) is 17.5 Å². The summed E-state index contributed by atoms with van der Waals surface area (Å²) in [5, 5.41) is 7.32. The molecule has 2 N–H and O–H groups in total. The lowest BCUT2D eigenvalue weighted by Crippen LogP contribution is -2.18. The fourth-order valence-corrected chi connectivity index (χ4v) is 2.98. The fraction of sp³-hybridized carbons (Fsp3) is 0.167. The molecule has 3 rings (SSSR count). The topological polar surface area (TPSA) is 93.5 Å². The number of benzene rings is 1. The molecule has 1 aromatic carbocycles. The molecule has 3 aromatic rings.